The topological polar surface area (TPSA) is 71.3 Å². The predicted octanol–water partition coefficient (Wildman–Crippen LogP) is 5.80. The lowest BCUT2D eigenvalue weighted by Crippen LogP contribution is -2.14. The molecule has 2 aromatic carbocycles. The van der Waals surface area contributed by atoms with Crippen molar-refractivity contribution in [1.29, 1.82) is 5.26 Å². The molecular weight excluding hydrogens is 432 g/mol. The average Bonchev–Trinajstić information content (AvgIpc) is 2.69. The van der Waals surface area contributed by atoms with Gasteiger partial charge in [0.2, 0.25) is 0 Å². The Morgan fingerprint density at radius 2 is 1.90 bits per heavy atom. The highest BCUT2D eigenvalue weighted by atomic mass is 79.9. The maximum absolute atomic E-state index is 12.6. The van der Waals surface area contributed by atoms with Crippen LogP contribution < -0.4 is 14.8 Å². The number of nitriles is 1. The molecule has 0 fully saturated rings. The van der Waals surface area contributed by atoms with Crippen molar-refractivity contribution in [2.75, 3.05) is 18.5 Å². The van der Waals surface area contributed by atoms with Gasteiger partial charge in [-0.2, -0.15) is 5.26 Å². The van der Waals surface area contributed by atoms with Crippen LogP contribution in [0.15, 0.2) is 40.4 Å². The Morgan fingerprint density at radius 3 is 2.52 bits per heavy atom. The van der Waals surface area contributed by atoms with E-state index in [1.807, 2.05) is 52.0 Å². The second kappa shape index (κ2) is 10.7. The maximum atomic E-state index is 12.6. The molecule has 6 heteroatoms. The molecule has 0 aliphatic rings. The van der Waals surface area contributed by atoms with E-state index in [4.69, 9.17) is 9.47 Å². The van der Waals surface area contributed by atoms with Gasteiger partial charge >= 0.3 is 0 Å². The fourth-order valence-corrected chi connectivity index (χ4v) is 3.14. The summed E-state index contributed by atoms with van der Waals surface area (Å²) in [6, 6.07) is 11.3. The molecule has 0 heterocycles. The Bertz CT molecular complexity index is 961. The van der Waals surface area contributed by atoms with Gasteiger partial charge in [0.15, 0.2) is 11.5 Å². The third-order valence-electron chi connectivity index (χ3n) is 4.12. The summed E-state index contributed by atoms with van der Waals surface area (Å²) in [5.74, 6) is 0.731. The second-order valence-corrected chi connectivity index (χ2v) is 7.40. The van der Waals surface area contributed by atoms with E-state index in [2.05, 4.69) is 21.2 Å². The second-order valence-electron chi connectivity index (χ2n) is 6.54. The summed E-state index contributed by atoms with van der Waals surface area (Å²) in [6.45, 7) is 8.87. The maximum Gasteiger partial charge on any atom is 0.266 e. The first-order valence-electron chi connectivity index (χ1n) is 9.49. The van der Waals surface area contributed by atoms with Gasteiger partial charge in [0.1, 0.15) is 11.6 Å². The Balaban J connectivity index is 2.34. The van der Waals surface area contributed by atoms with Crippen molar-refractivity contribution in [2.24, 2.45) is 0 Å². The minimum Gasteiger partial charge on any atom is -0.490 e. The largest absolute Gasteiger partial charge is 0.490 e. The van der Waals surface area contributed by atoms with E-state index < -0.39 is 5.91 Å². The Labute approximate surface area is 180 Å². The van der Waals surface area contributed by atoms with Gasteiger partial charge in [-0.3, -0.25) is 4.79 Å². The van der Waals surface area contributed by atoms with Crippen molar-refractivity contribution < 1.29 is 14.3 Å². The predicted molar refractivity (Wildman–Crippen MR) is 119 cm³/mol. The van der Waals surface area contributed by atoms with Crippen LogP contribution in [0.2, 0.25) is 0 Å². The molecule has 0 aromatic heterocycles. The number of nitrogens with zero attached hydrogens (tertiary/aromatic N) is 1. The van der Waals surface area contributed by atoms with Crippen molar-refractivity contribution in [2.45, 2.75) is 34.1 Å². The molecule has 1 amide bonds. The van der Waals surface area contributed by atoms with Crippen LogP contribution in [-0.2, 0) is 4.79 Å². The zero-order valence-corrected chi connectivity index (χ0v) is 18.7. The summed E-state index contributed by atoms with van der Waals surface area (Å²) in [5, 5.41) is 12.3. The third kappa shape index (κ3) is 6.10. The molecule has 0 unspecified atom stereocenters. The lowest BCUT2D eigenvalue weighted by Gasteiger charge is -2.14. The Hall–Kier alpha value is -2.78. The molecular formula is C23H25BrN2O3. The Kier molecular flexibility index (Phi) is 8.29. The SMILES string of the molecule is CCCOc1cc(Br)c(/C=C(\C#N)C(=O)Nc2ccc(C)cc2C)cc1OCC. The number of anilines is 1. The lowest BCUT2D eigenvalue weighted by atomic mass is 10.1. The standard InChI is InChI=1S/C23H25BrN2O3/c1-5-9-29-22-13-19(24)17(12-21(22)28-6-2)11-18(14-25)23(27)26-20-8-7-15(3)10-16(20)4/h7-8,10-13H,5-6,9H2,1-4H3,(H,26,27)/b18-11+. The quantitative estimate of drug-likeness (QED) is 0.402. The highest BCUT2D eigenvalue weighted by Crippen LogP contribution is 2.35. The average molecular weight is 457 g/mol. The number of ether oxygens (including phenoxy) is 2. The number of hydrogen-bond donors (Lipinski definition) is 1. The summed E-state index contributed by atoms with van der Waals surface area (Å²) in [7, 11) is 0. The van der Waals surface area contributed by atoms with Gasteiger partial charge in [0.05, 0.1) is 13.2 Å². The number of hydrogen-bond acceptors (Lipinski definition) is 4. The fourth-order valence-electron chi connectivity index (χ4n) is 2.70. The van der Waals surface area contributed by atoms with Gasteiger partial charge in [-0.05, 0) is 62.6 Å². The van der Waals surface area contributed by atoms with Crippen molar-refractivity contribution in [1.82, 2.24) is 0 Å². The number of aryl methyl sites for hydroxylation is 2. The summed E-state index contributed by atoms with van der Waals surface area (Å²) in [4.78, 5) is 12.6. The van der Waals surface area contributed by atoms with E-state index >= 15 is 0 Å². The van der Waals surface area contributed by atoms with E-state index in [0.29, 0.717) is 40.4 Å². The highest BCUT2D eigenvalue weighted by molar-refractivity contribution is 9.10. The third-order valence-corrected chi connectivity index (χ3v) is 4.81. The highest BCUT2D eigenvalue weighted by Gasteiger charge is 2.14. The molecule has 2 aromatic rings. The van der Waals surface area contributed by atoms with E-state index in [-0.39, 0.29) is 5.57 Å². The molecule has 0 saturated heterocycles. The van der Waals surface area contributed by atoms with Crippen LogP contribution in [0.5, 0.6) is 11.5 Å². The molecule has 0 saturated carbocycles. The first kappa shape index (κ1) is 22.5. The van der Waals surface area contributed by atoms with Gasteiger partial charge in [0.25, 0.3) is 5.91 Å². The van der Waals surface area contributed by atoms with Gasteiger partial charge in [-0.1, -0.05) is 40.5 Å². The molecule has 1 N–H and O–H groups in total. The number of benzene rings is 2. The van der Waals surface area contributed by atoms with E-state index in [1.54, 1.807) is 12.1 Å². The molecule has 0 radical (unpaired) electrons. The van der Waals surface area contributed by atoms with E-state index in [1.165, 1.54) is 6.08 Å². The molecule has 0 aliphatic heterocycles. The van der Waals surface area contributed by atoms with Crippen LogP contribution in [0, 0.1) is 25.2 Å². The number of rotatable bonds is 8. The zero-order valence-electron chi connectivity index (χ0n) is 17.1. The normalized spacial score (nSPS) is 11.0. The number of nitrogens with one attached hydrogen (secondary N) is 1. The summed E-state index contributed by atoms with van der Waals surface area (Å²) in [5.41, 5.74) is 3.38. The van der Waals surface area contributed by atoms with Crippen LogP contribution >= 0.6 is 15.9 Å². The minimum absolute atomic E-state index is 0.00431. The first-order valence-corrected chi connectivity index (χ1v) is 10.3. The molecule has 29 heavy (non-hydrogen) atoms. The first-order chi connectivity index (χ1) is 13.9. The number of carbonyl (C=O) groups excluding carboxylic acids is 1. The van der Waals surface area contributed by atoms with Crippen LogP contribution in [0.3, 0.4) is 0 Å². The molecule has 2 rings (SSSR count). The van der Waals surface area contributed by atoms with Crippen molar-refractivity contribution in [3.05, 3.63) is 57.1 Å². The van der Waals surface area contributed by atoms with Crippen LogP contribution in [-0.4, -0.2) is 19.1 Å². The molecule has 0 bridgehead atoms. The summed E-state index contributed by atoms with van der Waals surface area (Å²) < 4.78 is 12.1. The number of carbonyl (C=O) groups is 1. The van der Waals surface area contributed by atoms with Crippen molar-refractivity contribution in [3.63, 3.8) is 0 Å². The number of halogens is 1. The van der Waals surface area contributed by atoms with Gasteiger partial charge < -0.3 is 14.8 Å². The molecule has 5 nitrogen and oxygen atoms in total. The van der Waals surface area contributed by atoms with Crippen LogP contribution in [0.1, 0.15) is 37.0 Å². The Morgan fingerprint density at radius 1 is 1.17 bits per heavy atom. The van der Waals surface area contributed by atoms with E-state index in [9.17, 15) is 10.1 Å². The van der Waals surface area contributed by atoms with Crippen LogP contribution in [0.25, 0.3) is 6.08 Å². The minimum atomic E-state index is -0.462. The number of amides is 1. The van der Waals surface area contributed by atoms with Gasteiger partial charge in [0, 0.05) is 10.2 Å². The van der Waals surface area contributed by atoms with Crippen molar-refractivity contribution >= 4 is 33.6 Å². The zero-order chi connectivity index (χ0) is 21.4. The fraction of sp³-hybridized carbons (Fsp3) is 0.304. The summed E-state index contributed by atoms with van der Waals surface area (Å²) >= 11 is 3.50. The van der Waals surface area contributed by atoms with Crippen LogP contribution in [0.4, 0.5) is 5.69 Å². The van der Waals surface area contributed by atoms with Gasteiger partial charge in [-0.15, -0.1) is 0 Å². The molecule has 0 aliphatic carbocycles. The van der Waals surface area contributed by atoms with E-state index in [0.717, 1.165) is 17.5 Å². The summed E-state index contributed by atoms with van der Waals surface area (Å²) in [6.07, 6.45) is 2.41. The van der Waals surface area contributed by atoms with Crippen molar-refractivity contribution in [3.8, 4) is 17.6 Å². The molecule has 0 atom stereocenters. The lowest BCUT2D eigenvalue weighted by molar-refractivity contribution is -0.112. The molecule has 0 spiro atoms. The smallest absolute Gasteiger partial charge is 0.266 e. The monoisotopic (exact) mass is 456 g/mol. The molecule has 152 valence electrons. The van der Waals surface area contributed by atoms with Gasteiger partial charge in [-0.25, -0.2) is 0 Å².